The Kier molecular flexibility index (Phi) is 22.3. The molecule has 0 N–H and O–H groups in total. The molecule has 1 radical (unpaired) electrons. The van der Waals surface area contributed by atoms with Crippen LogP contribution in [0.25, 0.3) is 0 Å². The number of hydrogen-bond acceptors (Lipinski definition) is 2. The summed E-state index contributed by atoms with van der Waals surface area (Å²) >= 11 is 0. The van der Waals surface area contributed by atoms with Gasteiger partial charge in [-0.15, -0.1) is 0 Å². The molecule has 1 saturated carbocycles. The van der Waals surface area contributed by atoms with Crippen LogP contribution in [0.5, 0.6) is 0 Å². The average molecular weight is 417 g/mol. The Morgan fingerprint density at radius 1 is 0.609 bits per heavy atom. The van der Waals surface area contributed by atoms with E-state index in [2.05, 4.69) is 37.5 Å². The van der Waals surface area contributed by atoms with Gasteiger partial charge >= 0.3 is 17.1 Å². The largest absolute Gasteiger partial charge is 2.00 e. The van der Waals surface area contributed by atoms with E-state index in [9.17, 15) is 0 Å². The van der Waals surface area contributed by atoms with E-state index >= 15 is 0 Å². The molecule has 145 valence electrons. The Morgan fingerprint density at radius 2 is 0.870 bits per heavy atom. The van der Waals surface area contributed by atoms with Gasteiger partial charge in [-0.1, -0.05) is 40.5 Å². The summed E-state index contributed by atoms with van der Waals surface area (Å²) in [5, 5.41) is 0. The third-order valence-corrected chi connectivity index (χ3v) is 4.68. The van der Waals surface area contributed by atoms with Gasteiger partial charge in [0.05, 0.1) is 0 Å². The van der Waals surface area contributed by atoms with Crippen molar-refractivity contribution in [1.29, 1.82) is 0 Å². The van der Waals surface area contributed by atoms with Crippen molar-refractivity contribution in [3.63, 3.8) is 0 Å². The van der Waals surface area contributed by atoms with Gasteiger partial charge in [0.15, 0.2) is 0 Å². The molecule has 0 amide bonds. The molecule has 0 heterocycles. The van der Waals surface area contributed by atoms with Crippen molar-refractivity contribution in [3.05, 3.63) is 0 Å². The van der Waals surface area contributed by atoms with Gasteiger partial charge < -0.3 is 24.8 Å². The Morgan fingerprint density at radius 3 is 1.09 bits per heavy atom. The minimum Gasteiger partial charge on any atom is -1.00 e. The summed E-state index contributed by atoms with van der Waals surface area (Å²) in [5.74, 6) is 0. The molecular formula is C18H38Cl2CuN2. The topological polar surface area (TPSA) is 6.48 Å². The van der Waals surface area contributed by atoms with Gasteiger partial charge in [0.2, 0.25) is 0 Å². The molecule has 0 aromatic heterocycles. The first-order valence-electron chi connectivity index (χ1n) is 9.26. The average Bonchev–Trinajstić information content (AvgIpc) is 2.47. The Balaban J connectivity index is -0.00000133. The van der Waals surface area contributed by atoms with Crippen molar-refractivity contribution in [2.45, 2.75) is 91.1 Å². The molecule has 0 aliphatic heterocycles. The van der Waals surface area contributed by atoms with Crippen LogP contribution in [0.4, 0.5) is 0 Å². The molecule has 1 aliphatic carbocycles. The molecule has 2 atom stereocenters. The van der Waals surface area contributed by atoms with Crippen molar-refractivity contribution in [2.24, 2.45) is 0 Å². The first kappa shape index (κ1) is 28.8. The maximum absolute atomic E-state index is 2.81. The van der Waals surface area contributed by atoms with Crippen LogP contribution in [-0.4, -0.2) is 48.1 Å². The summed E-state index contributed by atoms with van der Waals surface area (Å²) in [4.78, 5) is 5.62. The first-order valence-corrected chi connectivity index (χ1v) is 9.26. The van der Waals surface area contributed by atoms with Crippen LogP contribution < -0.4 is 24.8 Å². The fourth-order valence-corrected chi connectivity index (χ4v) is 3.98. The molecule has 0 aromatic rings. The molecule has 2 unspecified atom stereocenters. The Hall–Kier alpha value is 1.02. The molecule has 0 bridgehead atoms. The summed E-state index contributed by atoms with van der Waals surface area (Å²) in [6.45, 7) is 14.5. The second kappa shape index (κ2) is 17.8. The molecule has 1 fully saturated rings. The molecule has 23 heavy (non-hydrogen) atoms. The van der Waals surface area contributed by atoms with Gasteiger partial charge in [-0.05, 0) is 64.7 Å². The molecule has 2 nitrogen and oxygen atoms in total. The number of hydrogen-bond donors (Lipinski definition) is 0. The minimum atomic E-state index is 0. The van der Waals surface area contributed by atoms with E-state index in [4.69, 9.17) is 0 Å². The van der Waals surface area contributed by atoms with Crippen LogP contribution in [0.15, 0.2) is 0 Å². The van der Waals surface area contributed by atoms with Crippen molar-refractivity contribution in [3.8, 4) is 0 Å². The molecule has 1 aliphatic rings. The van der Waals surface area contributed by atoms with Gasteiger partial charge in [0, 0.05) is 12.1 Å². The van der Waals surface area contributed by atoms with Gasteiger partial charge in [0.25, 0.3) is 0 Å². The maximum Gasteiger partial charge on any atom is 2.00 e. The van der Waals surface area contributed by atoms with Crippen LogP contribution in [-0.2, 0) is 17.1 Å². The summed E-state index contributed by atoms with van der Waals surface area (Å²) in [6.07, 6.45) is 10.9. The summed E-state index contributed by atoms with van der Waals surface area (Å²) in [6, 6.07) is 1.64. The van der Waals surface area contributed by atoms with Crippen molar-refractivity contribution < 1.29 is 41.9 Å². The van der Waals surface area contributed by atoms with Crippen LogP contribution in [0, 0.1) is 0 Å². The molecule has 0 aromatic carbocycles. The predicted octanol–water partition coefficient (Wildman–Crippen LogP) is -1.45. The zero-order chi connectivity index (χ0) is 14.8. The quantitative estimate of drug-likeness (QED) is 0.402. The number of rotatable bonds is 10. The third-order valence-electron chi connectivity index (χ3n) is 4.68. The predicted molar refractivity (Wildman–Crippen MR) is 90.4 cm³/mol. The fourth-order valence-electron chi connectivity index (χ4n) is 3.98. The second-order valence-electron chi connectivity index (χ2n) is 6.49. The smallest absolute Gasteiger partial charge is 1.00 e. The van der Waals surface area contributed by atoms with Crippen LogP contribution in [0.2, 0.25) is 0 Å². The van der Waals surface area contributed by atoms with Gasteiger partial charge in [-0.25, -0.2) is 0 Å². The second-order valence-corrected chi connectivity index (χ2v) is 6.49. The van der Waals surface area contributed by atoms with Crippen LogP contribution in [0.3, 0.4) is 0 Å². The van der Waals surface area contributed by atoms with E-state index in [1.165, 1.54) is 77.5 Å². The van der Waals surface area contributed by atoms with Crippen LogP contribution in [0.1, 0.15) is 79.1 Å². The monoisotopic (exact) mass is 415 g/mol. The summed E-state index contributed by atoms with van der Waals surface area (Å²) < 4.78 is 0. The van der Waals surface area contributed by atoms with E-state index < -0.39 is 0 Å². The molecule has 1 rings (SSSR count). The van der Waals surface area contributed by atoms with Gasteiger partial charge in [-0.3, -0.25) is 9.80 Å². The Bertz CT molecular complexity index is 209. The number of nitrogens with zero attached hydrogens (tertiary/aromatic N) is 2. The van der Waals surface area contributed by atoms with Crippen molar-refractivity contribution in [2.75, 3.05) is 26.2 Å². The van der Waals surface area contributed by atoms with Crippen molar-refractivity contribution >= 4 is 0 Å². The fraction of sp³-hybridized carbons (Fsp3) is 1.00. The molecule has 5 heteroatoms. The van der Waals surface area contributed by atoms with E-state index in [-0.39, 0.29) is 41.9 Å². The molecular weight excluding hydrogens is 379 g/mol. The molecule has 0 spiro atoms. The van der Waals surface area contributed by atoms with E-state index in [0.29, 0.717) is 0 Å². The van der Waals surface area contributed by atoms with Gasteiger partial charge in [-0.2, -0.15) is 0 Å². The normalized spacial score (nSPS) is 20.6. The molecule has 0 saturated heterocycles. The SMILES string of the molecule is CCCN(CCC)C1CCCCC1N(CCC)CCC.[Cl-].[Cl-].[Cu+2]. The first-order chi connectivity index (χ1) is 9.78. The zero-order valence-electron chi connectivity index (χ0n) is 15.6. The van der Waals surface area contributed by atoms with Crippen LogP contribution >= 0.6 is 0 Å². The minimum absolute atomic E-state index is 0. The van der Waals surface area contributed by atoms with E-state index in [1.54, 1.807) is 0 Å². The summed E-state index contributed by atoms with van der Waals surface area (Å²) in [5.41, 5.74) is 0. The van der Waals surface area contributed by atoms with Crippen molar-refractivity contribution in [1.82, 2.24) is 9.80 Å². The Labute approximate surface area is 168 Å². The van der Waals surface area contributed by atoms with E-state index in [0.717, 1.165) is 12.1 Å². The number of halogens is 2. The maximum atomic E-state index is 2.81. The zero-order valence-corrected chi connectivity index (χ0v) is 18.0. The summed E-state index contributed by atoms with van der Waals surface area (Å²) in [7, 11) is 0. The third kappa shape index (κ3) is 9.92. The standard InChI is InChI=1S/C18H38N2.2ClH.Cu/c1-5-13-19(14-6-2)17-11-9-10-12-18(17)20(15-7-3)16-8-4;;;/h17-18H,5-16H2,1-4H3;2*1H;/q;;;+2/p-2. The van der Waals surface area contributed by atoms with E-state index in [1.807, 2.05) is 0 Å². The van der Waals surface area contributed by atoms with Gasteiger partial charge in [0.1, 0.15) is 0 Å².